The number of fused-ring (bicyclic) bond motifs is 1. The number of thiazole rings is 1. The van der Waals surface area contributed by atoms with Crippen LogP contribution in [0.2, 0.25) is 5.02 Å². The lowest BCUT2D eigenvalue weighted by molar-refractivity contribution is 0.170. The summed E-state index contributed by atoms with van der Waals surface area (Å²) < 4.78 is 34.5. The minimum atomic E-state index is -3.18. The zero-order chi connectivity index (χ0) is 26.7. The maximum absolute atomic E-state index is 12.7. The molecule has 2 aliphatic rings. The summed E-state index contributed by atoms with van der Waals surface area (Å²) in [6.45, 7) is 8.47. The lowest BCUT2D eigenvalue weighted by Crippen LogP contribution is -2.49. The second-order valence-electron chi connectivity index (χ2n) is 10.5. The van der Waals surface area contributed by atoms with E-state index in [4.69, 9.17) is 21.3 Å². The Morgan fingerprint density at radius 3 is 2.50 bits per heavy atom. The molecule has 0 saturated carbocycles. The molecule has 38 heavy (non-hydrogen) atoms. The smallest absolute Gasteiger partial charge is 0.274 e. The zero-order valence-corrected chi connectivity index (χ0v) is 24.4. The van der Waals surface area contributed by atoms with Crippen LogP contribution in [0.3, 0.4) is 0 Å². The highest BCUT2D eigenvalue weighted by Gasteiger charge is 2.27. The minimum Gasteiger partial charge on any atom is -0.467 e. The molecule has 2 aromatic heterocycles. The van der Waals surface area contributed by atoms with Gasteiger partial charge in [-0.2, -0.15) is 4.31 Å². The number of piperidine rings is 1. The summed E-state index contributed by atoms with van der Waals surface area (Å²) in [4.78, 5) is 13.7. The van der Waals surface area contributed by atoms with E-state index in [0.29, 0.717) is 42.3 Å². The molecule has 0 atom stereocenters. The van der Waals surface area contributed by atoms with Crippen molar-refractivity contribution in [3.63, 3.8) is 0 Å². The van der Waals surface area contributed by atoms with E-state index in [1.54, 1.807) is 21.8 Å². The van der Waals surface area contributed by atoms with Gasteiger partial charge in [0.25, 0.3) is 5.19 Å². The second kappa shape index (κ2) is 11.9. The van der Waals surface area contributed by atoms with Crippen LogP contribution >= 0.6 is 22.9 Å². The summed E-state index contributed by atoms with van der Waals surface area (Å²) in [6, 6.07) is 10.1. The number of piperazine rings is 1. The molecule has 0 radical (unpaired) electrons. The minimum absolute atomic E-state index is 0.133. The molecule has 1 aromatic carbocycles. The fourth-order valence-electron chi connectivity index (χ4n) is 5.07. The number of hydrogen-bond donors (Lipinski definition) is 0. The van der Waals surface area contributed by atoms with Gasteiger partial charge < -0.3 is 14.5 Å². The molecule has 2 saturated heterocycles. The van der Waals surface area contributed by atoms with Crippen molar-refractivity contribution in [3.8, 4) is 5.19 Å². The third kappa shape index (κ3) is 6.70. The summed E-state index contributed by atoms with van der Waals surface area (Å²) in [5.74, 6) is 1.72. The fourth-order valence-corrected chi connectivity index (χ4v) is 7.60. The normalized spacial score (nSPS) is 18.0. The highest BCUT2D eigenvalue weighted by atomic mass is 35.5. The number of anilines is 2. The quantitative estimate of drug-likeness (QED) is 0.342. The van der Waals surface area contributed by atoms with Gasteiger partial charge in [-0.25, -0.2) is 18.4 Å². The first-order valence-electron chi connectivity index (χ1n) is 13.4. The first-order valence-corrected chi connectivity index (χ1v) is 16.2. The molecule has 8 nitrogen and oxygen atoms in total. The molecule has 206 valence electrons. The van der Waals surface area contributed by atoms with Crippen LogP contribution in [-0.2, 0) is 10.0 Å². The zero-order valence-electron chi connectivity index (χ0n) is 22.1. The van der Waals surface area contributed by atoms with E-state index < -0.39 is 10.0 Å². The molecule has 0 spiro atoms. The number of sulfonamides is 1. The largest absolute Gasteiger partial charge is 0.467 e. The first-order chi connectivity index (χ1) is 18.3. The molecule has 0 amide bonds. The van der Waals surface area contributed by atoms with Gasteiger partial charge in [0.1, 0.15) is 11.9 Å². The fraction of sp³-hybridized carbons (Fsp3) is 0.556. The summed E-state index contributed by atoms with van der Waals surface area (Å²) in [6.07, 6.45) is 5.32. The predicted molar refractivity (Wildman–Crippen MR) is 156 cm³/mol. The van der Waals surface area contributed by atoms with Crippen molar-refractivity contribution >= 4 is 54.7 Å². The number of aromatic nitrogens is 2. The number of nitrogens with zero attached hydrogens (tertiary/aromatic N) is 5. The van der Waals surface area contributed by atoms with E-state index in [9.17, 15) is 8.42 Å². The van der Waals surface area contributed by atoms with Gasteiger partial charge in [-0.1, -0.05) is 36.8 Å². The van der Waals surface area contributed by atoms with Crippen LogP contribution in [0.5, 0.6) is 5.19 Å². The van der Waals surface area contributed by atoms with Gasteiger partial charge in [0.15, 0.2) is 0 Å². The Balaban J connectivity index is 1.14. The highest BCUT2D eigenvalue weighted by Crippen LogP contribution is 2.33. The Kier molecular flexibility index (Phi) is 8.62. The van der Waals surface area contributed by atoms with E-state index in [-0.39, 0.29) is 11.9 Å². The van der Waals surface area contributed by atoms with Gasteiger partial charge in [0.05, 0.1) is 21.0 Å². The number of rotatable bonds is 9. The van der Waals surface area contributed by atoms with E-state index in [2.05, 4.69) is 40.8 Å². The topological polar surface area (TPSA) is 78.9 Å². The van der Waals surface area contributed by atoms with Gasteiger partial charge in [0, 0.05) is 64.0 Å². The molecular weight excluding hydrogens is 542 g/mol. The maximum Gasteiger partial charge on any atom is 0.274 e. The van der Waals surface area contributed by atoms with E-state index in [0.717, 1.165) is 60.5 Å². The third-order valence-electron chi connectivity index (χ3n) is 7.28. The van der Waals surface area contributed by atoms with Crippen LogP contribution in [-0.4, -0.2) is 73.8 Å². The summed E-state index contributed by atoms with van der Waals surface area (Å²) >= 11 is 7.54. The average Bonchev–Trinajstić information content (AvgIpc) is 3.31. The molecule has 2 aliphatic heterocycles. The Morgan fingerprint density at radius 2 is 1.82 bits per heavy atom. The van der Waals surface area contributed by atoms with Crippen molar-refractivity contribution < 1.29 is 13.2 Å². The number of benzene rings is 1. The SMILES string of the molecule is CC(C)CCCS(=O)(=O)N1CCN(c2ccc3nc(OC4CCN(c5ccc(Cl)cn5)CC4)sc3c2)CC1. The lowest BCUT2D eigenvalue weighted by Gasteiger charge is -2.35. The van der Waals surface area contributed by atoms with Gasteiger partial charge in [-0.3, -0.25) is 0 Å². The number of hydrogen-bond acceptors (Lipinski definition) is 8. The predicted octanol–water partition coefficient (Wildman–Crippen LogP) is 5.28. The van der Waals surface area contributed by atoms with E-state index in [1.807, 2.05) is 18.2 Å². The van der Waals surface area contributed by atoms with Gasteiger partial charge in [-0.15, -0.1) is 0 Å². The Hall–Kier alpha value is -2.14. The van der Waals surface area contributed by atoms with Gasteiger partial charge in [-0.05, 0) is 49.1 Å². The van der Waals surface area contributed by atoms with Crippen molar-refractivity contribution in [2.45, 2.75) is 45.6 Å². The summed E-state index contributed by atoms with van der Waals surface area (Å²) in [5.41, 5.74) is 2.04. The average molecular weight is 578 g/mol. The van der Waals surface area contributed by atoms with Gasteiger partial charge >= 0.3 is 0 Å². The Bertz CT molecular complexity index is 1320. The molecular formula is C27H36ClN5O3S2. The molecule has 11 heteroatoms. The Morgan fingerprint density at radius 1 is 1.05 bits per heavy atom. The number of halogens is 1. The van der Waals surface area contributed by atoms with Gasteiger partial charge in [0.2, 0.25) is 10.0 Å². The molecule has 0 bridgehead atoms. The van der Waals surface area contributed by atoms with Crippen LogP contribution in [0.4, 0.5) is 11.5 Å². The van der Waals surface area contributed by atoms with Crippen LogP contribution < -0.4 is 14.5 Å². The second-order valence-corrected chi connectivity index (χ2v) is 14.0. The number of pyridine rings is 1. The summed E-state index contributed by atoms with van der Waals surface area (Å²) in [7, 11) is -3.18. The van der Waals surface area contributed by atoms with Crippen LogP contribution in [0.25, 0.3) is 10.2 Å². The molecule has 0 unspecified atom stereocenters. The van der Waals surface area contributed by atoms with E-state index in [1.165, 1.54) is 0 Å². The van der Waals surface area contributed by atoms with Crippen LogP contribution in [0.15, 0.2) is 36.5 Å². The monoisotopic (exact) mass is 577 g/mol. The number of ether oxygens (including phenoxy) is 1. The molecule has 4 heterocycles. The molecule has 3 aromatic rings. The van der Waals surface area contributed by atoms with Crippen molar-refractivity contribution in [1.82, 2.24) is 14.3 Å². The standard InChI is InChI=1S/C27H36ClN5O3S2/c1-20(2)4-3-17-38(34,35)33-15-13-31(14-16-33)22-6-7-24-25(18-22)37-27(30-24)36-23-9-11-32(12-10-23)26-8-5-21(28)19-29-26/h5-8,18-20,23H,3-4,9-17H2,1-2H3. The first kappa shape index (κ1) is 27.4. The summed E-state index contributed by atoms with van der Waals surface area (Å²) in [5, 5.41) is 1.35. The Labute approximate surface area is 234 Å². The van der Waals surface area contributed by atoms with Crippen molar-refractivity contribution in [2.75, 3.05) is 54.8 Å². The van der Waals surface area contributed by atoms with Crippen molar-refractivity contribution in [3.05, 3.63) is 41.6 Å². The molecule has 5 rings (SSSR count). The third-order valence-corrected chi connectivity index (χ3v) is 10.4. The van der Waals surface area contributed by atoms with E-state index >= 15 is 0 Å². The lowest BCUT2D eigenvalue weighted by atomic mass is 10.1. The maximum atomic E-state index is 12.7. The van der Waals surface area contributed by atoms with Crippen LogP contribution in [0, 0.1) is 5.92 Å². The van der Waals surface area contributed by atoms with Crippen molar-refractivity contribution in [2.24, 2.45) is 5.92 Å². The molecule has 2 fully saturated rings. The molecule has 0 aliphatic carbocycles. The van der Waals surface area contributed by atoms with Crippen molar-refractivity contribution in [1.29, 1.82) is 0 Å². The highest BCUT2D eigenvalue weighted by molar-refractivity contribution is 7.89. The van der Waals surface area contributed by atoms with Crippen LogP contribution in [0.1, 0.15) is 39.5 Å². The molecule has 0 N–H and O–H groups in total.